The van der Waals surface area contributed by atoms with Crippen LogP contribution in [0.1, 0.15) is 41.7 Å². The molecule has 1 fully saturated rings. The van der Waals surface area contributed by atoms with Crippen molar-refractivity contribution in [1.82, 2.24) is 15.1 Å². The molecule has 1 N–H and O–H groups in total. The van der Waals surface area contributed by atoms with E-state index < -0.39 is 0 Å². The van der Waals surface area contributed by atoms with E-state index in [1.54, 1.807) is 23.7 Å². The maximum atomic E-state index is 13.6. The molecular weight excluding hydrogens is 297 g/mol. The molecular formula is C17H20FN3O2. The van der Waals surface area contributed by atoms with Crippen molar-refractivity contribution in [3.05, 3.63) is 47.5 Å². The van der Waals surface area contributed by atoms with Gasteiger partial charge in [0.15, 0.2) is 0 Å². The van der Waals surface area contributed by atoms with Crippen LogP contribution in [0, 0.1) is 5.82 Å². The van der Waals surface area contributed by atoms with Crippen LogP contribution in [0.5, 0.6) is 0 Å². The third-order valence-corrected chi connectivity index (χ3v) is 4.08. The van der Waals surface area contributed by atoms with E-state index in [1.165, 1.54) is 18.3 Å². The zero-order valence-electron chi connectivity index (χ0n) is 13.1. The van der Waals surface area contributed by atoms with Gasteiger partial charge in [-0.05, 0) is 51.1 Å². The Bertz CT molecular complexity index is 693. The second-order valence-corrected chi connectivity index (χ2v) is 5.58. The van der Waals surface area contributed by atoms with Crippen LogP contribution in [-0.2, 0) is 4.74 Å². The number of halogens is 1. The topological polar surface area (TPSA) is 56.1 Å². The number of nitrogens with zero attached hydrogens (tertiary/aromatic N) is 2. The number of nitrogens with one attached hydrogen (secondary N) is 1. The van der Waals surface area contributed by atoms with Crippen LogP contribution in [0.4, 0.5) is 4.39 Å². The van der Waals surface area contributed by atoms with Crippen molar-refractivity contribution in [3.8, 4) is 5.69 Å². The molecule has 6 heteroatoms. The van der Waals surface area contributed by atoms with Crippen LogP contribution in [0.3, 0.4) is 0 Å². The second-order valence-electron chi connectivity index (χ2n) is 5.58. The first kappa shape index (κ1) is 15.7. The van der Waals surface area contributed by atoms with Crippen molar-refractivity contribution in [1.29, 1.82) is 0 Å². The van der Waals surface area contributed by atoms with Crippen molar-refractivity contribution >= 4 is 5.97 Å². The van der Waals surface area contributed by atoms with Gasteiger partial charge in [-0.15, -0.1) is 0 Å². The zero-order valence-corrected chi connectivity index (χ0v) is 13.1. The maximum Gasteiger partial charge on any atom is 0.341 e. The monoisotopic (exact) mass is 317 g/mol. The quantitative estimate of drug-likeness (QED) is 0.881. The lowest BCUT2D eigenvalue weighted by Crippen LogP contribution is -2.28. The maximum absolute atomic E-state index is 13.6. The molecule has 0 bridgehead atoms. The molecule has 1 aromatic carbocycles. The number of piperidine rings is 1. The Balaban J connectivity index is 2.06. The fourth-order valence-corrected chi connectivity index (χ4v) is 3.03. The summed E-state index contributed by atoms with van der Waals surface area (Å²) in [5.41, 5.74) is 1.91. The third kappa shape index (κ3) is 3.27. The molecule has 2 aromatic rings. The van der Waals surface area contributed by atoms with E-state index in [9.17, 15) is 9.18 Å². The molecule has 0 radical (unpaired) electrons. The molecule has 1 aliphatic heterocycles. The predicted octanol–water partition coefficient (Wildman–Crippen LogP) is 2.66. The molecule has 0 saturated carbocycles. The van der Waals surface area contributed by atoms with Crippen LogP contribution < -0.4 is 5.32 Å². The van der Waals surface area contributed by atoms with Crippen molar-refractivity contribution in [2.45, 2.75) is 25.7 Å². The predicted molar refractivity (Wildman–Crippen MR) is 84.3 cm³/mol. The Morgan fingerprint density at radius 2 is 2.22 bits per heavy atom. The highest BCUT2D eigenvalue weighted by Crippen LogP contribution is 2.30. The minimum absolute atomic E-state index is 0.196. The van der Waals surface area contributed by atoms with E-state index in [4.69, 9.17) is 4.74 Å². The zero-order chi connectivity index (χ0) is 16.2. The summed E-state index contributed by atoms with van der Waals surface area (Å²) in [6.07, 6.45) is 3.35. The van der Waals surface area contributed by atoms with Crippen molar-refractivity contribution in [2.24, 2.45) is 0 Å². The molecule has 5 nitrogen and oxygen atoms in total. The van der Waals surface area contributed by atoms with Gasteiger partial charge in [-0.25, -0.2) is 13.9 Å². The van der Waals surface area contributed by atoms with Crippen LogP contribution in [0.2, 0.25) is 0 Å². The van der Waals surface area contributed by atoms with Gasteiger partial charge in [-0.1, -0.05) is 6.07 Å². The molecule has 0 amide bonds. The van der Waals surface area contributed by atoms with Crippen LogP contribution in [-0.4, -0.2) is 35.4 Å². The molecule has 0 spiro atoms. The first-order valence-electron chi connectivity index (χ1n) is 7.92. The van der Waals surface area contributed by atoms with E-state index in [1.807, 2.05) is 0 Å². The van der Waals surface area contributed by atoms with Gasteiger partial charge in [0.1, 0.15) is 11.4 Å². The first-order valence-corrected chi connectivity index (χ1v) is 7.92. The highest BCUT2D eigenvalue weighted by molar-refractivity contribution is 5.90. The summed E-state index contributed by atoms with van der Waals surface area (Å²) in [4.78, 5) is 12.3. The highest BCUT2D eigenvalue weighted by Gasteiger charge is 2.27. The Hall–Kier alpha value is -2.21. The van der Waals surface area contributed by atoms with Crippen LogP contribution >= 0.6 is 0 Å². The summed E-state index contributed by atoms with van der Waals surface area (Å²) < 4.78 is 20.4. The molecule has 23 heavy (non-hydrogen) atoms. The van der Waals surface area contributed by atoms with E-state index in [-0.39, 0.29) is 17.7 Å². The molecule has 1 saturated heterocycles. The van der Waals surface area contributed by atoms with Gasteiger partial charge >= 0.3 is 5.97 Å². The van der Waals surface area contributed by atoms with E-state index in [0.29, 0.717) is 17.9 Å². The van der Waals surface area contributed by atoms with E-state index in [2.05, 4.69) is 10.4 Å². The molecule has 0 aliphatic carbocycles. The van der Waals surface area contributed by atoms with Crippen molar-refractivity contribution < 1.29 is 13.9 Å². The van der Waals surface area contributed by atoms with Crippen LogP contribution in [0.15, 0.2) is 30.5 Å². The number of hydrogen-bond acceptors (Lipinski definition) is 4. The fourth-order valence-electron chi connectivity index (χ4n) is 3.03. The third-order valence-electron chi connectivity index (χ3n) is 4.08. The number of ether oxygens (including phenoxy) is 1. The lowest BCUT2D eigenvalue weighted by atomic mass is 9.92. The van der Waals surface area contributed by atoms with E-state index >= 15 is 0 Å². The molecule has 0 atom stereocenters. The minimum atomic E-state index is -0.372. The smallest absolute Gasteiger partial charge is 0.341 e. The number of aromatic nitrogens is 2. The van der Waals surface area contributed by atoms with Gasteiger partial charge in [0.05, 0.1) is 24.2 Å². The van der Waals surface area contributed by atoms with Gasteiger partial charge in [-0.2, -0.15) is 5.10 Å². The lowest BCUT2D eigenvalue weighted by molar-refractivity contribution is 0.0524. The lowest BCUT2D eigenvalue weighted by Gasteiger charge is -2.24. The largest absolute Gasteiger partial charge is 0.462 e. The summed E-state index contributed by atoms with van der Waals surface area (Å²) >= 11 is 0. The van der Waals surface area contributed by atoms with Gasteiger partial charge < -0.3 is 10.1 Å². The number of benzene rings is 1. The van der Waals surface area contributed by atoms with E-state index in [0.717, 1.165) is 31.6 Å². The summed E-state index contributed by atoms with van der Waals surface area (Å²) in [5, 5.41) is 7.65. The molecule has 3 rings (SSSR count). The number of esters is 1. The Morgan fingerprint density at radius 1 is 1.43 bits per heavy atom. The molecule has 1 aliphatic rings. The normalized spacial score (nSPS) is 15.6. The summed E-state index contributed by atoms with van der Waals surface area (Å²) in [5.74, 6) is -0.503. The average Bonchev–Trinajstić information content (AvgIpc) is 3.01. The summed E-state index contributed by atoms with van der Waals surface area (Å²) in [6, 6.07) is 6.24. The Morgan fingerprint density at radius 3 is 2.91 bits per heavy atom. The molecule has 2 heterocycles. The average molecular weight is 317 g/mol. The molecule has 122 valence electrons. The second kappa shape index (κ2) is 6.91. The van der Waals surface area contributed by atoms with Gasteiger partial charge in [-0.3, -0.25) is 0 Å². The minimum Gasteiger partial charge on any atom is -0.462 e. The van der Waals surface area contributed by atoms with Crippen molar-refractivity contribution in [2.75, 3.05) is 19.7 Å². The van der Waals surface area contributed by atoms with Crippen LogP contribution in [0.25, 0.3) is 5.69 Å². The fraction of sp³-hybridized carbons (Fsp3) is 0.412. The van der Waals surface area contributed by atoms with Gasteiger partial charge in [0.2, 0.25) is 0 Å². The first-order chi connectivity index (χ1) is 11.2. The number of carbonyl (C=O) groups is 1. The van der Waals surface area contributed by atoms with Crippen molar-refractivity contribution in [3.63, 3.8) is 0 Å². The van der Waals surface area contributed by atoms with Gasteiger partial charge in [0, 0.05) is 5.92 Å². The SMILES string of the molecule is CCOC(=O)c1cnn(-c2cccc(F)c2)c1C1CCNCC1. The Labute approximate surface area is 134 Å². The van der Waals surface area contributed by atoms with Gasteiger partial charge in [0.25, 0.3) is 0 Å². The number of carbonyl (C=O) groups excluding carboxylic acids is 1. The number of rotatable bonds is 4. The molecule has 1 aromatic heterocycles. The number of hydrogen-bond donors (Lipinski definition) is 1. The summed E-state index contributed by atoms with van der Waals surface area (Å²) in [7, 11) is 0. The molecule has 0 unspecified atom stereocenters. The Kier molecular flexibility index (Phi) is 4.71. The highest BCUT2D eigenvalue weighted by atomic mass is 19.1. The summed E-state index contributed by atoms with van der Waals surface area (Å²) in [6.45, 7) is 3.87. The standard InChI is InChI=1S/C17H20FN3O2/c1-2-23-17(22)15-11-20-21(14-5-3-4-13(18)10-14)16(15)12-6-8-19-9-7-12/h3-5,10-12,19H,2,6-9H2,1H3.